The standard InChI is InChI=1S/C13H16N2O2/c1-4-12(16)9(2)15-11-8-6-5-7-10(11)14(3)13(15)17/h5-9H,4H2,1-3H3. The Bertz CT molecular complexity index is 622. The Morgan fingerprint density at radius 1 is 1.29 bits per heavy atom. The summed E-state index contributed by atoms with van der Waals surface area (Å²) < 4.78 is 3.15. The van der Waals surface area contributed by atoms with Gasteiger partial charge in [-0.1, -0.05) is 19.1 Å². The Morgan fingerprint density at radius 2 is 1.88 bits per heavy atom. The third-order valence-electron chi connectivity index (χ3n) is 3.20. The molecule has 0 aliphatic heterocycles. The first-order valence-electron chi connectivity index (χ1n) is 5.76. The van der Waals surface area contributed by atoms with Crippen LogP contribution in [0, 0.1) is 0 Å². The van der Waals surface area contributed by atoms with Gasteiger partial charge in [-0.05, 0) is 19.1 Å². The van der Waals surface area contributed by atoms with Gasteiger partial charge in [0.25, 0.3) is 0 Å². The molecule has 0 aliphatic rings. The molecular weight excluding hydrogens is 216 g/mol. The number of benzene rings is 1. The van der Waals surface area contributed by atoms with Gasteiger partial charge in [0.1, 0.15) is 0 Å². The molecule has 0 fully saturated rings. The maximum Gasteiger partial charge on any atom is 0.329 e. The molecule has 0 saturated carbocycles. The van der Waals surface area contributed by atoms with Crippen LogP contribution >= 0.6 is 0 Å². The van der Waals surface area contributed by atoms with Crippen LogP contribution in [-0.4, -0.2) is 14.9 Å². The van der Waals surface area contributed by atoms with Crippen molar-refractivity contribution in [3.63, 3.8) is 0 Å². The summed E-state index contributed by atoms with van der Waals surface area (Å²) >= 11 is 0. The number of aromatic nitrogens is 2. The zero-order valence-electron chi connectivity index (χ0n) is 10.3. The summed E-state index contributed by atoms with van der Waals surface area (Å²) in [5, 5.41) is 0. The molecule has 90 valence electrons. The highest BCUT2D eigenvalue weighted by atomic mass is 16.2. The van der Waals surface area contributed by atoms with Crippen LogP contribution in [-0.2, 0) is 11.8 Å². The summed E-state index contributed by atoms with van der Waals surface area (Å²) in [5.41, 5.74) is 1.53. The molecular formula is C13H16N2O2. The van der Waals surface area contributed by atoms with Gasteiger partial charge in [-0.15, -0.1) is 0 Å². The monoisotopic (exact) mass is 232 g/mol. The summed E-state index contributed by atoms with van der Waals surface area (Å²) in [7, 11) is 1.73. The molecule has 1 atom stereocenters. The number of imidazole rings is 1. The van der Waals surface area contributed by atoms with Crippen LogP contribution < -0.4 is 5.69 Å². The van der Waals surface area contributed by atoms with E-state index in [9.17, 15) is 9.59 Å². The Balaban J connectivity index is 2.73. The molecule has 2 rings (SSSR count). The minimum atomic E-state index is -0.404. The third-order valence-corrected chi connectivity index (χ3v) is 3.20. The van der Waals surface area contributed by atoms with Crippen molar-refractivity contribution in [2.75, 3.05) is 0 Å². The van der Waals surface area contributed by atoms with Crippen molar-refractivity contribution in [3.05, 3.63) is 34.7 Å². The number of fused-ring (bicyclic) bond motifs is 1. The van der Waals surface area contributed by atoms with Crippen LogP contribution in [0.3, 0.4) is 0 Å². The second-order valence-corrected chi connectivity index (χ2v) is 4.20. The molecule has 1 heterocycles. The van der Waals surface area contributed by atoms with Crippen molar-refractivity contribution in [2.24, 2.45) is 7.05 Å². The van der Waals surface area contributed by atoms with Gasteiger partial charge in [0, 0.05) is 13.5 Å². The molecule has 0 radical (unpaired) electrons. The van der Waals surface area contributed by atoms with Gasteiger partial charge in [0.2, 0.25) is 0 Å². The molecule has 0 spiro atoms. The number of carbonyl (C=O) groups excluding carboxylic acids is 1. The fourth-order valence-corrected chi connectivity index (χ4v) is 2.13. The molecule has 17 heavy (non-hydrogen) atoms. The van der Waals surface area contributed by atoms with Gasteiger partial charge in [-0.3, -0.25) is 13.9 Å². The Hall–Kier alpha value is -1.84. The lowest BCUT2D eigenvalue weighted by molar-refractivity contribution is -0.121. The van der Waals surface area contributed by atoms with Crippen molar-refractivity contribution in [3.8, 4) is 0 Å². The van der Waals surface area contributed by atoms with Gasteiger partial charge in [0.15, 0.2) is 5.78 Å². The normalized spacial score (nSPS) is 12.9. The Labute approximate surface area is 99.5 Å². The second kappa shape index (κ2) is 4.20. The summed E-state index contributed by atoms with van der Waals surface area (Å²) in [6.07, 6.45) is 0.441. The van der Waals surface area contributed by atoms with Crippen molar-refractivity contribution in [2.45, 2.75) is 26.3 Å². The molecule has 4 nitrogen and oxygen atoms in total. The average Bonchev–Trinajstić information content (AvgIpc) is 2.61. The molecule has 1 aromatic carbocycles. The van der Waals surface area contributed by atoms with Crippen molar-refractivity contribution in [1.82, 2.24) is 9.13 Å². The fourth-order valence-electron chi connectivity index (χ4n) is 2.13. The number of hydrogen-bond donors (Lipinski definition) is 0. The Morgan fingerprint density at radius 3 is 2.47 bits per heavy atom. The van der Waals surface area contributed by atoms with Crippen molar-refractivity contribution < 1.29 is 4.79 Å². The number of aryl methyl sites for hydroxylation is 1. The van der Waals surface area contributed by atoms with Crippen molar-refractivity contribution >= 4 is 16.8 Å². The first-order chi connectivity index (χ1) is 8.07. The molecule has 1 aromatic heterocycles. The van der Waals surface area contributed by atoms with Crippen LogP contribution in [0.4, 0.5) is 0 Å². The number of hydrogen-bond acceptors (Lipinski definition) is 2. The number of rotatable bonds is 3. The van der Waals surface area contributed by atoms with E-state index in [4.69, 9.17) is 0 Å². The first kappa shape index (κ1) is 11.6. The zero-order valence-corrected chi connectivity index (χ0v) is 10.3. The highest BCUT2D eigenvalue weighted by Gasteiger charge is 2.19. The van der Waals surface area contributed by atoms with Gasteiger partial charge < -0.3 is 0 Å². The summed E-state index contributed by atoms with van der Waals surface area (Å²) in [6, 6.07) is 7.12. The summed E-state index contributed by atoms with van der Waals surface area (Å²) in [6.45, 7) is 3.59. The lowest BCUT2D eigenvalue weighted by Crippen LogP contribution is -2.28. The minimum absolute atomic E-state index is 0.0726. The Kier molecular flexibility index (Phi) is 2.88. The van der Waals surface area contributed by atoms with Gasteiger partial charge in [-0.25, -0.2) is 4.79 Å². The van der Waals surface area contributed by atoms with E-state index in [1.54, 1.807) is 23.1 Å². The van der Waals surface area contributed by atoms with E-state index in [0.717, 1.165) is 11.0 Å². The average molecular weight is 232 g/mol. The van der Waals surface area contributed by atoms with E-state index in [0.29, 0.717) is 6.42 Å². The molecule has 4 heteroatoms. The van der Waals surface area contributed by atoms with Gasteiger partial charge in [0.05, 0.1) is 17.1 Å². The molecule has 0 aliphatic carbocycles. The third kappa shape index (κ3) is 1.69. The number of nitrogens with zero attached hydrogens (tertiary/aromatic N) is 2. The molecule has 0 amide bonds. The maximum absolute atomic E-state index is 12.1. The highest BCUT2D eigenvalue weighted by molar-refractivity contribution is 5.85. The van der Waals surface area contributed by atoms with E-state index in [1.165, 1.54) is 0 Å². The van der Waals surface area contributed by atoms with Gasteiger partial charge in [-0.2, -0.15) is 0 Å². The molecule has 0 bridgehead atoms. The minimum Gasteiger partial charge on any atom is -0.297 e. The van der Waals surface area contributed by atoms with E-state index in [2.05, 4.69) is 0 Å². The number of ketones is 1. The number of para-hydroxylation sites is 2. The second-order valence-electron chi connectivity index (χ2n) is 4.20. The van der Waals surface area contributed by atoms with Crippen LogP contribution in [0.2, 0.25) is 0 Å². The van der Waals surface area contributed by atoms with Crippen LogP contribution in [0.15, 0.2) is 29.1 Å². The summed E-state index contributed by atoms with van der Waals surface area (Å²) in [4.78, 5) is 23.9. The lowest BCUT2D eigenvalue weighted by Gasteiger charge is -2.10. The topological polar surface area (TPSA) is 44.0 Å². The van der Waals surface area contributed by atoms with Crippen molar-refractivity contribution in [1.29, 1.82) is 0 Å². The van der Waals surface area contributed by atoms with Crippen LogP contribution in [0.25, 0.3) is 11.0 Å². The molecule has 0 N–H and O–H groups in total. The van der Waals surface area contributed by atoms with E-state index >= 15 is 0 Å². The van der Waals surface area contributed by atoms with Gasteiger partial charge >= 0.3 is 5.69 Å². The molecule has 2 aromatic rings. The SMILES string of the molecule is CCC(=O)C(C)n1c(=O)n(C)c2ccccc21. The molecule has 1 unspecified atom stereocenters. The van der Waals surface area contributed by atoms with E-state index in [-0.39, 0.29) is 11.5 Å². The van der Waals surface area contributed by atoms with E-state index < -0.39 is 6.04 Å². The van der Waals surface area contributed by atoms with Crippen LogP contribution in [0.5, 0.6) is 0 Å². The fraction of sp³-hybridized carbons (Fsp3) is 0.385. The zero-order chi connectivity index (χ0) is 12.6. The smallest absolute Gasteiger partial charge is 0.297 e. The molecule has 0 saturated heterocycles. The lowest BCUT2D eigenvalue weighted by atomic mass is 10.1. The summed E-state index contributed by atoms with van der Waals surface area (Å²) in [5.74, 6) is 0.0726. The quantitative estimate of drug-likeness (QED) is 0.811. The highest BCUT2D eigenvalue weighted by Crippen LogP contribution is 2.17. The predicted molar refractivity (Wildman–Crippen MR) is 67.2 cm³/mol. The number of carbonyl (C=O) groups is 1. The number of Topliss-reactive ketones (excluding diaryl/α,β-unsaturated/α-hetero) is 1. The van der Waals surface area contributed by atoms with E-state index in [1.807, 2.05) is 31.2 Å². The maximum atomic E-state index is 12.1. The predicted octanol–water partition coefficient (Wildman–Crippen LogP) is 1.88. The first-order valence-corrected chi connectivity index (χ1v) is 5.76. The van der Waals surface area contributed by atoms with Crippen LogP contribution in [0.1, 0.15) is 26.3 Å². The largest absolute Gasteiger partial charge is 0.329 e.